The van der Waals surface area contributed by atoms with Crippen molar-refractivity contribution < 1.29 is 14.6 Å². The topological polar surface area (TPSA) is 95.5 Å². The Bertz CT molecular complexity index is 220. The van der Waals surface area contributed by atoms with Gasteiger partial charge in [-0.15, -0.1) is 6.42 Å². The van der Waals surface area contributed by atoms with E-state index >= 15 is 0 Å². The normalized spacial score (nSPS) is 9.54. The van der Waals surface area contributed by atoms with Gasteiger partial charge in [0.15, 0.2) is 0 Å². The fourth-order valence-corrected chi connectivity index (χ4v) is 0.608. The van der Waals surface area contributed by atoms with Gasteiger partial charge in [-0.1, -0.05) is 5.92 Å². The quantitative estimate of drug-likeness (QED) is 0.191. The van der Waals surface area contributed by atoms with Gasteiger partial charge in [0.2, 0.25) is 0 Å². The minimum absolute atomic E-state index is 0.00213. The molecule has 0 aliphatic rings. The van der Waals surface area contributed by atoms with Crippen LogP contribution >= 0.6 is 0 Å². The second kappa shape index (κ2) is 5.91. The Morgan fingerprint density at radius 1 is 1.38 bits per heavy atom. The molecule has 0 fully saturated rings. The largest absolute Gasteiger partial charge is 0.453 e. The maximum absolute atomic E-state index is 10.1. The zero-order chi connectivity index (χ0) is 10.3. The zero-order valence-corrected chi connectivity index (χ0v) is 6.71. The third kappa shape index (κ3) is 4.71. The van der Waals surface area contributed by atoms with Crippen molar-refractivity contribution in [3.8, 4) is 12.3 Å². The molecule has 7 nitrogen and oxygen atoms in total. The molecule has 0 aliphatic heterocycles. The van der Waals surface area contributed by atoms with Gasteiger partial charge < -0.3 is 4.74 Å². The van der Waals surface area contributed by atoms with Gasteiger partial charge in [-0.2, -0.15) is 0 Å². The summed E-state index contributed by atoms with van der Waals surface area (Å²) in [6.45, 7) is -0.0843. The molecule has 0 aromatic rings. The van der Waals surface area contributed by atoms with E-state index in [-0.39, 0.29) is 19.6 Å². The van der Waals surface area contributed by atoms with Crippen LogP contribution in [-0.2, 0) is 4.74 Å². The second-order valence-electron chi connectivity index (χ2n) is 2.10. The van der Waals surface area contributed by atoms with Crippen molar-refractivity contribution in [2.24, 2.45) is 0 Å². The predicted molar refractivity (Wildman–Crippen MR) is 42.0 cm³/mol. The Labute approximate surface area is 74.0 Å². The van der Waals surface area contributed by atoms with Crippen molar-refractivity contribution >= 4 is 0 Å². The summed E-state index contributed by atoms with van der Waals surface area (Å²) >= 11 is 0. The van der Waals surface area contributed by atoms with Crippen LogP contribution < -0.4 is 0 Å². The minimum atomic E-state index is -1.81. The fraction of sp³-hybridized carbons (Fsp3) is 0.667. The van der Waals surface area contributed by atoms with E-state index in [2.05, 4.69) is 10.7 Å². The van der Waals surface area contributed by atoms with Crippen molar-refractivity contribution in [1.82, 2.24) is 0 Å². The first-order chi connectivity index (χ1) is 6.09. The number of hydrogen-bond donors (Lipinski definition) is 0. The molecule has 0 saturated heterocycles. The number of rotatable bonds is 6. The van der Waals surface area contributed by atoms with Crippen LogP contribution in [0.3, 0.4) is 0 Å². The maximum atomic E-state index is 10.1. The van der Waals surface area contributed by atoms with Crippen LogP contribution in [0.1, 0.15) is 6.42 Å². The lowest BCUT2D eigenvalue weighted by molar-refractivity contribution is -0.743. The third-order valence-corrected chi connectivity index (χ3v) is 1.19. The molecule has 13 heavy (non-hydrogen) atoms. The summed E-state index contributed by atoms with van der Waals surface area (Å²) in [5.41, 5.74) is 0. The standard InChI is InChI=1S/C6H8N2O5/c1-2-4-13-5-3-6(7(9)10)8(11)12/h1,6H,3-5H2. The highest BCUT2D eigenvalue weighted by Gasteiger charge is 2.31. The first-order valence-electron chi connectivity index (χ1n) is 3.37. The van der Waals surface area contributed by atoms with Gasteiger partial charge in [-0.25, -0.2) is 0 Å². The highest BCUT2D eigenvalue weighted by atomic mass is 16.7. The molecule has 7 heteroatoms. The van der Waals surface area contributed by atoms with Crippen molar-refractivity contribution in [2.45, 2.75) is 12.6 Å². The lowest BCUT2D eigenvalue weighted by atomic mass is 10.4. The minimum Gasteiger partial charge on any atom is -0.368 e. The molecule has 0 N–H and O–H groups in total. The summed E-state index contributed by atoms with van der Waals surface area (Å²) in [5.74, 6) is 2.14. The Kier molecular flexibility index (Phi) is 5.14. The summed E-state index contributed by atoms with van der Waals surface area (Å²) in [5, 5.41) is 20.1. The second-order valence-corrected chi connectivity index (χ2v) is 2.10. The van der Waals surface area contributed by atoms with E-state index in [0.29, 0.717) is 0 Å². The van der Waals surface area contributed by atoms with Gasteiger partial charge in [0, 0.05) is 0 Å². The maximum Gasteiger partial charge on any atom is 0.453 e. The van der Waals surface area contributed by atoms with Gasteiger partial charge in [0.1, 0.15) is 13.0 Å². The molecular formula is C6H8N2O5. The van der Waals surface area contributed by atoms with Gasteiger partial charge in [-0.05, 0) is 0 Å². The number of hydrogen-bond acceptors (Lipinski definition) is 5. The van der Waals surface area contributed by atoms with Crippen LogP contribution in [0.4, 0.5) is 0 Å². The highest BCUT2D eigenvalue weighted by molar-refractivity contribution is 4.82. The van der Waals surface area contributed by atoms with Crippen LogP contribution in [-0.4, -0.2) is 29.2 Å². The predicted octanol–water partition coefficient (Wildman–Crippen LogP) is -0.0942. The van der Waals surface area contributed by atoms with Crippen molar-refractivity contribution in [1.29, 1.82) is 0 Å². The smallest absolute Gasteiger partial charge is 0.368 e. The molecule has 0 amide bonds. The van der Waals surface area contributed by atoms with Gasteiger partial charge in [0.05, 0.1) is 16.5 Å². The number of nitrogens with zero attached hydrogens (tertiary/aromatic N) is 2. The zero-order valence-electron chi connectivity index (χ0n) is 6.71. The van der Waals surface area contributed by atoms with Crippen LogP contribution in [0.2, 0.25) is 0 Å². The van der Waals surface area contributed by atoms with E-state index in [9.17, 15) is 20.2 Å². The molecule has 72 valence electrons. The molecule has 0 heterocycles. The Hall–Kier alpha value is -1.68. The van der Waals surface area contributed by atoms with Gasteiger partial charge >= 0.3 is 6.17 Å². The first kappa shape index (κ1) is 11.3. The van der Waals surface area contributed by atoms with Crippen molar-refractivity contribution in [3.05, 3.63) is 20.2 Å². The fourth-order valence-electron chi connectivity index (χ4n) is 0.608. The Morgan fingerprint density at radius 3 is 2.31 bits per heavy atom. The van der Waals surface area contributed by atoms with Gasteiger partial charge in [-0.3, -0.25) is 20.2 Å². The summed E-state index contributed by atoms with van der Waals surface area (Å²) in [6.07, 6.45) is 2.74. The molecule has 0 rings (SSSR count). The molecule has 0 unspecified atom stereocenters. The summed E-state index contributed by atoms with van der Waals surface area (Å²) in [6, 6.07) is 0. The average molecular weight is 188 g/mol. The van der Waals surface area contributed by atoms with Crippen molar-refractivity contribution in [3.63, 3.8) is 0 Å². The molecule has 0 aromatic heterocycles. The lowest BCUT2D eigenvalue weighted by Gasteiger charge is -2.01. The molecule has 0 bridgehead atoms. The number of nitro groups is 2. The van der Waals surface area contributed by atoms with Crippen LogP contribution in [0.5, 0.6) is 0 Å². The molecule has 0 radical (unpaired) electrons. The molecule has 0 saturated carbocycles. The molecule has 0 aliphatic carbocycles. The van der Waals surface area contributed by atoms with E-state index in [1.807, 2.05) is 0 Å². The summed E-state index contributed by atoms with van der Waals surface area (Å²) < 4.78 is 4.67. The van der Waals surface area contributed by atoms with E-state index in [1.54, 1.807) is 0 Å². The summed E-state index contributed by atoms with van der Waals surface area (Å²) in [4.78, 5) is 18.2. The first-order valence-corrected chi connectivity index (χ1v) is 3.37. The van der Waals surface area contributed by atoms with Crippen molar-refractivity contribution in [2.75, 3.05) is 13.2 Å². The number of ether oxygens (including phenoxy) is 1. The Morgan fingerprint density at radius 2 is 1.92 bits per heavy atom. The monoisotopic (exact) mass is 188 g/mol. The van der Waals surface area contributed by atoms with E-state index < -0.39 is 16.0 Å². The SMILES string of the molecule is C#CCOCCC([N+](=O)[O-])[N+](=O)[O-]. The number of terminal acetylenes is 1. The molecule has 0 aromatic carbocycles. The van der Waals surface area contributed by atoms with E-state index in [1.165, 1.54) is 0 Å². The molecular weight excluding hydrogens is 180 g/mol. The van der Waals surface area contributed by atoms with E-state index in [0.717, 1.165) is 0 Å². The average Bonchev–Trinajstić information content (AvgIpc) is 2.02. The molecule has 0 atom stereocenters. The van der Waals surface area contributed by atoms with Gasteiger partial charge in [0.25, 0.3) is 0 Å². The summed E-state index contributed by atoms with van der Waals surface area (Å²) in [7, 11) is 0. The van der Waals surface area contributed by atoms with Crippen LogP contribution in [0, 0.1) is 32.6 Å². The van der Waals surface area contributed by atoms with Crippen LogP contribution in [0.25, 0.3) is 0 Å². The van der Waals surface area contributed by atoms with E-state index in [4.69, 9.17) is 6.42 Å². The third-order valence-electron chi connectivity index (χ3n) is 1.19. The molecule has 0 spiro atoms. The van der Waals surface area contributed by atoms with Crippen LogP contribution in [0.15, 0.2) is 0 Å². The highest BCUT2D eigenvalue weighted by Crippen LogP contribution is 1.98. The lowest BCUT2D eigenvalue weighted by Crippen LogP contribution is -2.30. The Balaban J connectivity index is 3.79.